The van der Waals surface area contributed by atoms with E-state index in [4.69, 9.17) is 14.2 Å². The van der Waals surface area contributed by atoms with Gasteiger partial charge in [-0.25, -0.2) is 0 Å². The van der Waals surface area contributed by atoms with Crippen LogP contribution in [-0.4, -0.2) is 40.5 Å². The molecule has 1 N–H and O–H groups in total. The molecule has 1 aliphatic heterocycles. The number of para-hydroxylation sites is 1. The zero-order valence-corrected chi connectivity index (χ0v) is 13.5. The van der Waals surface area contributed by atoms with Gasteiger partial charge in [-0.05, 0) is 25.0 Å². The van der Waals surface area contributed by atoms with Gasteiger partial charge in [0.25, 0.3) is 0 Å². The highest BCUT2D eigenvalue weighted by Gasteiger charge is 2.19. The van der Waals surface area contributed by atoms with Crippen LogP contribution in [0.2, 0.25) is 0 Å². The Morgan fingerprint density at radius 2 is 1.90 bits per heavy atom. The van der Waals surface area contributed by atoms with Gasteiger partial charge in [0.05, 0.1) is 40.5 Å². The lowest BCUT2D eigenvalue weighted by Crippen LogP contribution is -3.13. The van der Waals surface area contributed by atoms with Gasteiger partial charge in [-0.1, -0.05) is 13.0 Å². The molecule has 1 aliphatic rings. The van der Waals surface area contributed by atoms with Crippen molar-refractivity contribution in [2.24, 2.45) is 5.92 Å². The minimum absolute atomic E-state index is 0.703. The van der Waals surface area contributed by atoms with Gasteiger partial charge >= 0.3 is 0 Å². The quantitative estimate of drug-likeness (QED) is 0.778. The summed E-state index contributed by atoms with van der Waals surface area (Å²) >= 11 is 0. The van der Waals surface area contributed by atoms with Gasteiger partial charge in [0, 0.05) is 12.3 Å². The van der Waals surface area contributed by atoms with E-state index < -0.39 is 0 Å². The Bertz CT molecular complexity index is 414. The average Bonchev–Trinajstić information content (AvgIpc) is 2.51. The minimum atomic E-state index is 0.703. The Morgan fingerprint density at radius 1 is 1.19 bits per heavy atom. The van der Waals surface area contributed by atoms with Crippen molar-refractivity contribution in [3.05, 3.63) is 18.2 Å². The molecule has 2 rings (SSSR count). The van der Waals surface area contributed by atoms with E-state index in [1.807, 2.05) is 18.2 Å². The highest BCUT2D eigenvalue weighted by atomic mass is 16.5. The highest BCUT2D eigenvalue weighted by Crippen LogP contribution is 2.36. The van der Waals surface area contributed by atoms with E-state index in [1.165, 1.54) is 32.5 Å². The maximum atomic E-state index is 5.90. The number of methoxy groups -OCH3 is 2. The maximum Gasteiger partial charge on any atom is 0.203 e. The Kier molecular flexibility index (Phi) is 6.18. The molecule has 4 nitrogen and oxygen atoms in total. The standard InChI is InChI=1S/C17H27NO3/c1-14-7-5-10-18(13-14)11-6-12-21-17-15(19-2)8-4-9-16(17)20-3/h4,8-9,14H,5-7,10-13H2,1-3H3/p+1/t14-/m0/s1. The SMILES string of the molecule is COc1cccc(OC)c1OCCC[NH+]1CCC[C@H](C)C1. The van der Waals surface area contributed by atoms with Crippen molar-refractivity contribution in [1.82, 2.24) is 0 Å². The third-order valence-electron chi connectivity index (χ3n) is 4.17. The van der Waals surface area contributed by atoms with Crippen molar-refractivity contribution >= 4 is 0 Å². The highest BCUT2D eigenvalue weighted by molar-refractivity contribution is 5.51. The first kappa shape index (κ1) is 16.0. The summed E-state index contributed by atoms with van der Waals surface area (Å²) < 4.78 is 16.6. The van der Waals surface area contributed by atoms with Crippen LogP contribution in [0.3, 0.4) is 0 Å². The number of piperidine rings is 1. The molecule has 0 saturated carbocycles. The molecule has 1 fully saturated rings. The second-order valence-electron chi connectivity index (χ2n) is 5.90. The topological polar surface area (TPSA) is 32.1 Å². The number of nitrogens with one attached hydrogen (secondary N) is 1. The second-order valence-corrected chi connectivity index (χ2v) is 5.90. The van der Waals surface area contributed by atoms with E-state index >= 15 is 0 Å². The third kappa shape index (κ3) is 4.53. The van der Waals surface area contributed by atoms with Gasteiger partial charge in [-0.3, -0.25) is 0 Å². The molecule has 0 aliphatic carbocycles. The van der Waals surface area contributed by atoms with Gasteiger partial charge in [0.15, 0.2) is 11.5 Å². The zero-order valence-electron chi connectivity index (χ0n) is 13.5. The van der Waals surface area contributed by atoms with E-state index in [9.17, 15) is 0 Å². The summed E-state index contributed by atoms with van der Waals surface area (Å²) in [6.07, 6.45) is 3.80. The lowest BCUT2D eigenvalue weighted by molar-refractivity contribution is -0.908. The number of ether oxygens (including phenoxy) is 3. The Labute approximate surface area is 128 Å². The molecule has 0 bridgehead atoms. The average molecular weight is 294 g/mol. The zero-order chi connectivity index (χ0) is 15.1. The Hall–Kier alpha value is -1.42. The normalized spacial score (nSPS) is 21.9. The third-order valence-corrected chi connectivity index (χ3v) is 4.17. The van der Waals surface area contributed by atoms with Crippen molar-refractivity contribution in [1.29, 1.82) is 0 Å². The molecule has 1 heterocycles. The van der Waals surface area contributed by atoms with Crippen LogP contribution in [0.25, 0.3) is 0 Å². The van der Waals surface area contributed by atoms with Crippen LogP contribution in [0.1, 0.15) is 26.2 Å². The maximum absolute atomic E-state index is 5.90. The fraction of sp³-hybridized carbons (Fsp3) is 0.647. The van der Waals surface area contributed by atoms with Gasteiger partial charge in [-0.2, -0.15) is 0 Å². The fourth-order valence-corrected chi connectivity index (χ4v) is 3.08. The van der Waals surface area contributed by atoms with E-state index in [0.29, 0.717) is 12.4 Å². The summed E-state index contributed by atoms with van der Waals surface area (Å²) in [5.41, 5.74) is 0. The molecule has 1 aromatic carbocycles. The number of rotatable bonds is 7. The summed E-state index contributed by atoms with van der Waals surface area (Å²) in [7, 11) is 3.31. The molecule has 1 saturated heterocycles. The molecule has 1 unspecified atom stereocenters. The predicted octanol–water partition coefficient (Wildman–Crippen LogP) is 1.79. The van der Waals surface area contributed by atoms with E-state index in [0.717, 1.165) is 23.8 Å². The molecule has 0 aromatic heterocycles. The second kappa shape index (κ2) is 8.13. The molecule has 4 heteroatoms. The molecule has 118 valence electrons. The van der Waals surface area contributed by atoms with Crippen molar-refractivity contribution in [3.8, 4) is 17.2 Å². The van der Waals surface area contributed by atoms with Crippen molar-refractivity contribution < 1.29 is 19.1 Å². The first-order valence-corrected chi connectivity index (χ1v) is 7.92. The van der Waals surface area contributed by atoms with Gasteiger partial charge in [0.1, 0.15) is 0 Å². The molecule has 2 atom stereocenters. The van der Waals surface area contributed by atoms with Crippen LogP contribution in [0.15, 0.2) is 18.2 Å². The molecule has 0 radical (unpaired) electrons. The van der Waals surface area contributed by atoms with Crippen LogP contribution < -0.4 is 19.1 Å². The van der Waals surface area contributed by atoms with E-state index in [2.05, 4.69) is 6.92 Å². The summed E-state index contributed by atoms with van der Waals surface area (Å²) in [4.78, 5) is 1.71. The number of quaternary nitrogens is 1. The predicted molar refractivity (Wildman–Crippen MR) is 83.6 cm³/mol. The van der Waals surface area contributed by atoms with Gasteiger partial charge in [0.2, 0.25) is 5.75 Å². The first-order chi connectivity index (χ1) is 10.2. The number of benzene rings is 1. The van der Waals surface area contributed by atoms with Crippen LogP contribution in [0.5, 0.6) is 17.2 Å². The van der Waals surface area contributed by atoms with E-state index in [-0.39, 0.29) is 0 Å². The van der Waals surface area contributed by atoms with Crippen LogP contribution in [-0.2, 0) is 0 Å². The van der Waals surface area contributed by atoms with Crippen LogP contribution in [0.4, 0.5) is 0 Å². The van der Waals surface area contributed by atoms with Crippen molar-refractivity contribution in [3.63, 3.8) is 0 Å². The lowest BCUT2D eigenvalue weighted by atomic mass is 10.0. The molecular weight excluding hydrogens is 266 g/mol. The summed E-state index contributed by atoms with van der Waals surface area (Å²) in [5.74, 6) is 3.04. The monoisotopic (exact) mass is 294 g/mol. The van der Waals surface area contributed by atoms with Crippen LogP contribution >= 0.6 is 0 Å². The lowest BCUT2D eigenvalue weighted by Gasteiger charge is -2.27. The molecule has 0 amide bonds. The number of likely N-dealkylation sites (tertiary alicyclic amines) is 1. The minimum Gasteiger partial charge on any atom is -0.493 e. The first-order valence-electron chi connectivity index (χ1n) is 7.92. The Balaban J connectivity index is 1.80. The van der Waals surface area contributed by atoms with Crippen LogP contribution in [0, 0.1) is 5.92 Å². The van der Waals surface area contributed by atoms with E-state index in [1.54, 1.807) is 19.1 Å². The smallest absolute Gasteiger partial charge is 0.203 e. The van der Waals surface area contributed by atoms with Crippen molar-refractivity contribution in [2.75, 3.05) is 40.5 Å². The van der Waals surface area contributed by atoms with Crippen molar-refractivity contribution in [2.45, 2.75) is 26.2 Å². The Morgan fingerprint density at radius 3 is 2.52 bits per heavy atom. The summed E-state index contributed by atoms with van der Waals surface area (Å²) in [6, 6.07) is 5.70. The number of hydrogen-bond donors (Lipinski definition) is 1. The summed E-state index contributed by atoms with van der Waals surface area (Å²) in [6.45, 7) is 6.85. The largest absolute Gasteiger partial charge is 0.493 e. The fourth-order valence-electron chi connectivity index (χ4n) is 3.08. The number of hydrogen-bond acceptors (Lipinski definition) is 3. The van der Waals surface area contributed by atoms with Gasteiger partial charge in [-0.15, -0.1) is 0 Å². The summed E-state index contributed by atoms with van der Waals surface area (Å²) in [5, 5.41) is 0. The van der Waals surface area contributed by atoms with Gasteiger partial charge < -0.3 is 19.1 Å². The molecule has 1 aromatic rings. The molecule has 21 heavy (non-hydrogen) atoms. The molecular formula is C17H28NO3+. The molecule has 0 spiro atoms.